The number of rotatable bonds is 5. The summed E-state index contributed by atoms with van der Waals surface area (Å²) < 4.78 is 0. The zero-order valence-electron chi connectivity index (χ0n) is 9.53. The van der Waals surface area contributed by atoms with Crippen LogP contribution in [0.1, 0.15) is 30.1 Å². The van der Waals surface area contributed by atoms with E-state index < -0.39 is 0 Å². The Bertz CT molecular complexity index is 470. The number of hydrogen-bond donors (Lipinski definition) is 3. The van der Waals surface area contributed by atoms with Crippen molar-refractivity contribution >= 4 is 23.1 Å². The molecule has 0 aliphatic heterocycles. The van der Waals surface area contributed by atoms with Crippen LogP contribution in [-0.2, 0) is 0 Å². The molecule has 17 heavy (non-hydrogen) atoms. The molecule has 0 fully saturated rings. The number of aromatic nitrogens is 1. The Labute approximate surface area is 104 Å². The molecule has 6 heteroatoms. The van der Waals surface area contributed by atoms with Crippen LogP contribution < -0.4 is 16.6 Å². The fraction of sp³-hybridized carbons (Fsp3) is 0.364. The van der Waals surface area contributed by atoms with Gasteiger partial charge in [0.1, 0.15) is 0 Å². The highest BCUT2D eigenvalue weighted by molar-refractivity contribution is 7.80. The SMILES string of the molecule is CCC(CC(N)=S)NC(=O)c1cc[nH]c(=O)c1. The van der Waals surface area contributed by atoms with Gasteiger partial charge in [-0.3, -0.25) is 9.59 Å². The fourth-order valence-corrected chi connectivity index (χ4v) is 1.60. The van der Waals surface area contributed by atoms with E-state index in [1.807, 2.05) is 6.92 Å². The number of carbonyl (C=O) groups excluding carboxylic acids is 1. The van der Waals surface area contributed by atoms with Crippen LogP contribution in [0, 0.1) is 0 Å². The molecule has 0 saturated carbocycles. The van der Waals surface area contributed by atoms with E-state index in [0.29, 0.717) is 17.0 Å². The Morgan fingerprint density at radius 2 is 2.35 bits per heavy atom. The van der Waals surface area contributed by atoms with Crippen LogP contribution in [0.15, 0.2) is 23.1 Å². The highest BCUT2D eigenvalue weighted by Gasteiger charge is 2.13. The summed E-state index contributed by atoms with van der Waals surface area (Å²) in [5.74, 6) is -0.292. The van der Waals surface area contributed by atoms with E-state index in [2.05, 4.69) is 10.3 Å². The molecule has 0 spiro atoms. The number of thiocarbonyl (C=S) groups is 1. The van der Waals surface area contributed by atoms with E-state index in [4.69, 9.17) is 18.0 Å². The lowest BCUT2D eigenvalue weighted by Gasteiger charge is -2.15. The lowest BCUT2D eigenvalue weighted by Crippen LogP contribution is -2.37. The first-order valence-corrected chi connectivity index (χ1v) is 5.71. The average Bonchev–Trinajstić information content (AvgIpc) is 2.27. The van der Waals surface area contributed by atoms with Gasteiger partial charge in [0.2, 0.25) is 5.56 Å². The lowest BCUT2D eigenvalue weighted by atomic mass is 10.1. The van der Waals surface area contributed by atoms with Gasteiger partial charge in [-0.25, -0.2) is 0 Å². The summed E-state index contributed by atoms with van der Waals surface area (Å²) in [7, 11) is 0. The molecule has 4 N–H and O–H groups in total. The van der Waals surface area contributed by atoms with Crippen LogP contribution in [-0.4, -0.2) is 21.9 Å². The van der Waals surface area contributed by atoms with E-state index in [-0.39, 0.29) is 17.5 Å². The highest BCUT2D eigenvalue weighted by Crippen LogP contribution is 2.01. The summed E-state index contributed by atoms with van der Waals surface area (Å²) in [6, 6.07) is 2.70. The molecule has 1 heterocycles. The Morgan fingerprint density at radius 1 is 1.65 bits per heavy atom. The first kappa shape index (κ1) is 13.4. The number of pyridine rings is 1. The summed E-state index contributed by atoms with van der Waals surface area (Å²) in [5.41, 5.74) is 5.46. The largest absolute Gasteiger partial charge is 0.393 e. The van der Waals surface area contributed by atoms with Gasteiger partial charge in [-0.1, -0.05) is 19.1 Å². The number of aromatic amines is 1. The average molecular weight is 253 g/mol. The second kappa shape index (κ2) is 6.15. The maximum Gasteiger partial charge on any atom is 0.251 e. The quantitative estimate of drug-likeness (QED) is 0.669. The molecule has 1 aromatic heterocycles. The first-order chi connectivity index (χ1) is 8.02. The monoisotopic (exact) mass is 253 g/mol. The maximum atomic E-state index is 11.8. The molecule has 0 aliphatic rings. The minimum atomic E-state index is -0.306. The summed E-state index contributed by atoms with van der Waals surface area (Å²) in [6.07, 6.45) is 2.62. The van der Waals surface area contributed by atoms with Gasteiger partial charge in [0.15, 0.2) is 0 Å². The van der Waals surface area contributed by atoms with Crippen molar-refractivity contribution in [3.8, 4) is 0 Å². The molecule has 1 unspecified atom stereocenters. The van der Waals surface area contributed by atoms with Crippen molar-refractivity contribution < 1.29 is 4.79 Å². The second-order valence-corrected chi connectivity index (χ2v) is 4.22. The van der Waals surface area contributed by atoms with Crippen LogP contribution in [0.3, 0.4) is 0 Å². The number of amides is 1. The Morgan fingerprint density at radius 3 is 2.88 bits per heavy atom. The van der Waals surface area contributed by atoms with Crippen molar-refractivity contribution in [3.05, 3.63) is 34.2 Å². The predicted molar refractivity (Wildman–Crippen MR) is 70.0 cm³/mol. The van der Waals surface area contributed by atoms with Crippen molar-refractivity contribution in [2.75, 3.05) is 0 Å². The molecule has 92 valence electrons. The van der Waals surface area contributed by atoms with E-state index in [9.17, 15) is 9.59 Å². The van der Waals surface area contributed by atoms with Crippen molar-refractivity contribution in [2.45, 2.75) is 25.8 Å². The first-order valence-electron chi connectivity index (χ1n) is 5.30. The van der Waals surface area contributed by atoms with Crippen molar-refractivity contribution in [2.24, 2.45) is 5.73 Å². The molecule has 1 aromatic rings. The van der Waals surface area contributed by atoms with Crippen LogP contribution in [0.5, 0.6) is 0 Å². The highest BCUT2D eigenvalue weighted by atomic mass is 32.1. The number of H-pyrrole nitrogens is 1. The predicted octanol–water partition coefficient (Wildman–Crippen LogP) is 0.560. The molecular formula is C11H15N3O2S. The standard InChI is InChI=1S/C11H15N3O2S/c1-2-8(6-9(12)17)14-11(16)7-3-4-13-10(15)5-7/h3-5,8H,2,6H2,1H3,(H2,12,17)(H,13,15)(H,14,16). The van der Waals surface area contributed by atoms with Gasteiger partial charge < -0.3 is 16.0 Å². The van der Waals surface area contributed by atoms with Crippen LogP contribution >= 0.6 is 12.2 Å². The minimum Gasteiger partial charge on any atom is -0.393 e. The topological polar surface area (TPSA) is 88.0 Å². The molecule has 0 radical (unpaired) electrons. The van der Waals surface area contributed by atoms with Gasteiger partial charge in [0.05, 0.1) is 4.99 Å². The summed E-state index contributed by atoms with van der Waals surface area (Å²) in [4.78, 5) is 25.7. The number of carbonyl (C=O) groups is 1. The molecule has 1 amide bonds. The summed E-state index contributed by atoms with van der Waals surface area (Å²) in [5, 5.41) is 2.78. The zero-order valence-corrected chi connectivity index (χ0v) is 10.3. The molecule has 1 rings (SSSR count). The number of nitrogens with one attached hydrogen (secondary N) is 2. The van der Waals surface area contributed by atoms with Crippen molar-refractivity contribution in [3.63, 3.8) is 0 Å². The van der Waals surface area contributed by atoms with Crippen molar-refractivity contribution in [1.82, 2.24) is 10.3 Å². The van der Waals surface area contributed by atoms with E-state index in [1.54, 1.807) is 6.07 Å². The second-order valence-electron chi connectivity index (χ2n) is 3.69. The van der Waals surface area contributed by atoms with E-state index in [0.717, 1.165) is 6.42 Å². The van der Waals surface area contributed by atoms with E-state index in [1.165, 1.54) is 12.3 Å². The van der Waals surface area contributed by atoms with Gasteiger partial charge in [-0.15, -0.1) is 0 Å². The Kier molecular flexibility index (Phi) is 4.84. The van der Waals surface area contributed by atoms with Gasteiger partial charge >= 0.3 is 0 Å². The summed E-state index contributed by atoms with van der Waals surface area (Å²) >= 11 is 4.80. The Hall–Kier alpha value is -1.69. The van der Waals surface area contributed by atoms with Crippen LogP contribution in [0.2, 0.25) is 0 Å². The minimum absolute atomic E-state index is 0.0979. The van der Waals surface area contributed by atoms with Gasteiger partial charge in [0.25, 0.3) is 5.91 Å². The van der Waals surface area contributed by atoms with Gasteiger partial charge in [-0.2, -0.15) is 0 Å². The number of hydrogen-bond acceptors (Lipinski definition) is 3. The number of nitrogens with two attached hydrogens (primary N) is 1. The molecule has 0 saturated heterocycles. The molecular weight excluding hydrogens is 238 g/mol. The third kappa shape index (κ3) is 4.36. The smallest absolute Gasteiger partial charge is 0.251 e. The third-order valence-electron chi connectivity index (χ3n) is 2.31. The van der Waals surface area contributed by atoms with Gasteiger partial charge in [0, 0.05) is 30.3 Å². The van der Waals surface area contributed by atoms with Crippen molar-refractivity contribution in [1.29, 1.82) is 0 Å². The maximum absolute atomic E-state index is 11.8. The van der Waals surface area contributed by atoms with Crippen LogP contribution in [0.4, 0.5) is 0 Å². The molecule has 0 aromatic carbocycles. The Balaban J connectivity index is 2.71. The van der Waals surface area contributed by atoms with Crippen LogP contribution in [0.25, 0.3) is 0 Å². The lowest BCUT2D eigenvalue weighted by molar-refractivity contribution is 0.0937. The molecule has 5 nitrogen and oxygen atoms in total. The molecule has 0 bridgehead atoms. The third-order valence-corrected chi connectivity index (χ3v) is 2.48. The summed E-state index contributed by atoms with van der Waals surface area (Å²) in [6.45, 7) is 1.93. The normalized spacial score (nSPS) is 11.8. The molecule has 1 atom stereocenters. The van der Waals surface area contributed by atoms with E-state index >= 15 is 0 Å². The fourth-order valence-electron chi connectivity index (χ4n) is 1.39. The zero-order chi connectivity index (χ0) is 12.8. The molecule has 0 aliphatic carbocycles. The van der Waals surface area contributed by atoms with Gasteiger partial charge in [-0.05, 0) is 12.5 Å².